The van der Waals surface area contributed by atoms with Gasteiger partial charge in [0.25, 0.3) is 5.91 Å². The van der Waals surface area contributed by atoms with E-state index in [1.54, 1.807) is 22.9 Å². The quantitative estimate of drug-likeness (QED) is 0.708. The molecule has 2 aromatic carbocycles. The Morgan fingerprint density at radius 3 is 2.81 bits per heavy atom. The number of thiazole rings is 1. The molecule has 0 spiro atoms. The summed E-state index contributed by atoms with van der Waals surface area (Å²) >= 11 is 1.55. The third kappa shape index (κ3) is 2.60. The summed E-state index contributed by atoms with van der Waals surface area (Å²) < 4.78 is 1.05. The first-order chi connectivity index (χ1) is 10.0. The minimum atomic E-state index is -0.150. The third-order valence-corrected chi connectivity index (χ3v) is 4.24. The van der Waals surface area contributed by atoms with E-state index in [-0.39, 0.29) is 5.91 Å². The number of aromatic nitrogens is 1. The second-order valence-corrected chi connectivity index (χ2v) is 5.90. The first-order valence-electron chi connectivity index (χ1n) is 6.56. The van der Waals surface area contributed by atoms with E-state index in [0.29, 0.717) is 11.3 Å². The van der Waals surface area contributed by atoms with Crippen LogP contribution in [-0.2, 0) is 0 Å². The number of benzene rings is 2. The van der Waals surface area contributed by atoms with Crippen LogP contribution in [0.4, 0.5) is 11.4 Å². The van der Waals surface area contributed by atoms with Gasteiger partial charge in [-0.1, -0.05) is 6.07 Å². The van der Waals surface area contributed by atoms with E-state index in [4.69, 9.17) is 5.73 Å². The van der Waals surface area contributed by atoms with Crippen molar-refractivity contribution in [2.45, 2.75) is 13.8 Å². The topological polar surface area (TPSA) is 68.0 Å². The Kier molecular flexibility index (Phi) is 3.35. The molecule has 0 aliphatic carbocycles. The number of fused-ring (bicyclic) bond motifs is 1. The van der Waals surface area contributed by atoms with Gasteiger partial charge in [-0.15, -0.1) is 11.3 Å². The number of rotatable bonds is 2. The van der Waals surface area contributed by atoms with Gasteiger partial charge in [0.05, 0.1) is 15.7 Å². The lowest BCUT2D eigenvalue weighted by Gasteiger charge is -2.10. The van der Waals surface area contributed by atoms with Gasteiger partial charge in [-0.2, -0.15) is 0 Å². The standard InChI is InChI=1S/C16H15N3OS/c1-9-5-10(2)13(17)7-12(9)16(20)19-11-3-4-14-15(6-11)21-8-18-14/h3-8H,17H2,1-2H3,(H,19,20). The Balaban J connectivity index is 1.90. The van der Waals surface area contributed by atoms with Crippen molar-refractivity contribution >= 4 is 38.8 Å². The van der Waals surface area contributed by atoms with Gasteiger partial charge in [0.2, 0.25) is 0 Å². The van der Waals surface area contributed by atoms with Crippen LogP contribution in [-0.4, -0.2) is 10.9 Å². The van der Waals surface area contributed by atoms with Crippen LogP contribution in [0.3, 0.4) is 0 Å². The van der Waals surface area contributed by atoms with Crippen molar-refractivity contribution in [3.8, 4) is 0 Å². The molecule has 0 saturated heterocycles. The molecule has 0 fully saturated rings. The Labute approximate surface area is 126 Å². The van der Waals surface area contributed by atoms with E-state index in [1.807, 2.05) is 38.1 Å². The predicted molar refractivity (Wildman–Crippen MR) is 87.9 cm³/mol. The number of nitrogens with one attached hydrogen (secondary N) is 1. The zero-order valence-corrected chi connectivity index (χ0v) is 12.6. The molecular weight excluding hydrogens is 282 g/mol. The molecule has 3 aromatic rings. The molecule has 0 aliphatic heterocycles. The van der Waals surface area contributed by atoms with Crippen LogP contribution in [0, 0.1) is 13.8 Å². The summed E-state index contributed by atoms with van der Waals surface area (Å²) in [6, 6.07) is 9.34. The highest BCUT2D eigenvalue weighted by Gasteiger charge is 2.11. The molecule has 3 N–H and O–H groups in total. The fraction of sp³-hybridized carbons (Fsp3) is 0.125. The minimum Gasteiger partial charge on any atom is -0.398 e. The molecule has 106 valence electrons. The van der Waals surface area contributed by atoms with Crippen LogP contribution in [0.1, 0.15) is 21.5 Å². The maximum Gasteiger partial charge on any atom is 0.256 e. The Hall–Kier alpha value is -2.40. The van der Waals surface area contributed by atoms with Crippen molar-refractivity contribution in [2.75, 3.05) is 11.1 Å². The summed E-state index contributed by atoms with van der Waals surface area (Å²) in [6.45, 7) is 3.84. The molecule has 0 aliphatic rings. The fourth-order valence-corrected chi connectivity index (χ4v) is 2.96. The lowest BCUT2D eigenvalue weighted by Crippen LogP contribution is -2.14. The number of carbonyl (C=O) groups is 1. The van der Waals surface area contributed by atoms with E-state index in [1.165, 1.54) is 0 Å². The zero-order chi connectivity index (χ0) is 15.0. The summed E-state index contributed by atoms with van der Waals surface area (Å²) in [4.78, 5) is 16.6. The molecule has 0 bridgehead atoms. The van der Waals surface area contributed by atoms with Gasteiger partial charge in [-0.05, 0) is 49.2 Å². The van der Waals surface area contributed by atoms with E-state index < -0.39 is 0 Å². The van der Waals surface area contributed by atoms with Crippen molar-refractivity contribution in [1.82, 2.24) is 4.98 Å². The molecule has 1 amide bonds. The number of hydrogen-bond donors (Lipinski definition) is 2. The highest BCUT2D eigenvalue weighted by Crippen LogP contribution is 2.23. The molecule has 21 heavy (non-hydrogen) atoms. The summed E-state index contributed by atoms with van der Waals surface area (Å²) in [5, 5.41) is 2.91. The van der Waals surface area contributed by atoms with Gasteiger partial charge in [0.15, 0.2) is 0 Å². The second kappa shape index (κ2) is 5.18. The van der Waals surface area contributed by atoms with E-state index in [2.05, 4.69) is 10.3 Å². The summed E-state index contributed by atoms with van der Waals surface area (Å²) in [6.07, 6.45) is 0. The first kappa shape index (κ1) is 13.6. The van der Waals surface area contributed by atoms with Crippen LogP contribution >= 0.6 is 11.3 Å². The van der Waals surface area contributed by atoms with Gasteiger partial charge in [-0.25, -0.2) is 4.98 Å². The van der Waals surface area contributed by atoms with E-state index in [0.717, 1.165) is 27.0 Å². The van der Waals surface area contributed by atoms with Gasteiger partial charge >= 0.3 is 0 Å². The molecule has 1 heterocycles. The maximum absolute atomic E-state index is 12.4. The maximum atomic E-state index is 12.4. The van der Waals surface area contributed by atoms with Crippen molar-refractivity contribution in [3.63, 3.8) is 0 Å². The number of nitrogen functional groups attached to an aromatic ring is 1. The minimum absolute atomic E-state index is 0.150. The molecule has 5 heteroatoms. The number of hydrogen-bond acceptors (Lipinski definition) is 4. The lowest BCUT2D eigenvalue weighted by atomic mass is 10.0. The molecule has 1 aromatic heterocycles. The van der Waals surface area contributed by atoms with E-state index >= 15 is 0 Å². The predicted octanol–water partition coefficient (Wildman–Crippen LogP) is 3.75. The van der Waals surface area contributed by atoms with Gasteiger partial charge in [0, 0.05) is 16.9 Å². The third-order valence-electron chi connectivity index (χ3n) is 3.45. The number of aryl methyl sites for hydroxylation is 2. The van der Waals surface area contributed by atoms with Crippen LogP contribution in [0.5, 0.6) is 0 Å². The van der Waals surface area contributed by atoms with E-state index in [9.17, 15) is 4.79 Å². The number of nitrogens with zero attached hydrogens (tertiary/aromatic N) is 1. The Morgan fingerprint density at radius 1 is 1.19 bits per heavy atom. The molecular formula is C16H15N3OS. The smallest absolute Gasteiger partial charge is 0.256 e. The molecule has 0 saturated carbocycles. The highest BCUT2D eigenvalue weighted by atomic mass is 32.1. The molecule has 0 unspecified atom stereocenters. The molecule has 4 nitrogen and oxygen atoms in total. The summed E-state index contributed by atoms with van der Waals surface area (Å²) in [5.41, 5.74) is 12.5. The monoisotopic (exact) mass is 297 g/mol. The van der Waals surface area contributed by atoms with Crippen LogP contribution in [0.2, 0.25) is 0 Å². The second-order valence-electron chi connectivity index (χ2n) is 5.01. The lowest BCUT2D eigenvalue weighted by molar-refractivity contribution is 0.102. The molecule has 0 radical (unpaired) electrons. The molecule has 0 atom stereocenters. The highest BCUT2D eigenvalue weighted by molar-refractivity contribution is 7.16. The zero-order valence-electron chi connectivity index (χ0n) is 11.8. The van der Waals surface area contributed by atoms with Gasteiger partial charge in [-0.3, -0.25) is 4.79 Å². The average molecular weight is 297 g/mol. The Bertz CT molecular complexity index is 839. The van der Waals surface area contributed by atoms with Crippen molar-refractivity contribution in [1.29, 1.82) is 0 Å². The average Bonchev–Trinajstić information content (AvgIpc) is 2.90. The Morgan fingerprint density at radius 2 is 2.00 bits per heavy atom. The number of nitrogens with two attached hydrogens (primary N) is 1. The van der Waals surface area contributed by atoms with Crippen LogP contribution in [0.15, 0.2) is 35.8 Å². The largest absolute Gasteiger partial charge is 0.398 e. The summed E-state index contributed by atoms with van der Waals surface area (Å²) in [7, 11) is 0. The normalized spacial score (nSPS) is 10.8. The fourth-order valence-electron chi connectivity index (χ4n) is 2.24. The number of amides is 1. The van der Waals surface area contributed by atoms with Gasteiger partial charge in [0.1, 0.15) is 0 Å². The molecule has 3 rings (SSSR count). The van der Waals surface area contributed by atoms with Crippen molar-refractivity contribution in [2.24, 2.45) is 0 Å². The van der Waals surface area contributed by atoms with Crippen LogP contribution < -0.4 is 11.1 Å². The SMILES string of the molecule is Cc1cc(C)c(C(=O)Nc2ccc3ncsc3c2)cc1N. The summed E-state index contributed by atoms with van der Waals surface area (Å²) in [5.74, 6) is -0.150. The first-order valence-corrected chi connectivity index (χ1v) is 7.44. The van der Waals surface area contributed by atoms with Crippen LogP contribution in [0.25, 0.3) is 10.2 Å². The van der Waals surface area contributed by atoms with Crippen molar-refractivity contribution < 1.29 is 4.79 Å². The number of anilines is 2. The van der Waals surface area contributed by atoms with Crippen molar-refractivity contribution in [3.05, 3.63) is 52.5 Å². The number of carbonyl (C=O) groups excluding carboxylic acids is 1. The van der Waals surface area contributed by atoms with Gasteiger partial charge < -0.3 is 11.1 Å².